The fourth-order valence-electron chi connectivity index (χ4n) is 0.0577. The van der Waals surface area contributed by atoms with Crippen molar-refractivity contribution >= 4 is 26.2 Å². The molecule has 0 spiro atoms. The van der Waals surface area contributed by atoms with E-state index < -0.39 is 21.4 Å². The van der Waals surface area contributed by atoms with Crippen LogP contribution in [0.25, 0.3) is 0 Å². The van der Waals surface area contributed by atoms with Gasteiger partial charge >= 0.3 is 26.2 Å². The summed E-state index contributed by atoms with van der Waals surface area (Å²) in [6.07, 6.45) is -0.954. The summed E-state index contributed by atoms with van der Waals surface area (Å²) in [5, 5.41) is 68.3. The molecule has 0 aliphatic rings. The summed E-state index contributed by atoms with van der Waals surface area (Å²) in [5.74, 6) is 0. The van der Waals surface area contributed by atoms with E-state index in [2.05, 4.69) is 0 Å². The predicted octanol–water partition coefficient (Wildman–Crippen LogP) is -6.89. The second-order valence-corrected chi connectivity index (χ2v) is 1.69. The maximum absolute atomic E-state index is 8.25. The fourth-order valence-corrected chi connectivity index (χ4v) is 0.0577. The van der Waals surface area contributed by atoms with E-state index in [9.17, 15) is 0 Å². The Morgan fingerprint density at radius 2 is 0.708 bits per heavy atom. The quantitative estimate of drug-likeness (QED) is 0.157. The zero-order chi connectivity index (χ0) is 15.7. The van der Waals surface area contributed by atoms with Crippen molar-refractivity contribution in [3.05, 3.63) is 46.0 Å². The minimum Gasteiger partial charge on any atom is -0.412 e. The van der Waals surface area contributed by atoms with Gasteiger partial charge in [0.05, 0.1) is 28.5 Å². The topological polar surface area (TPSA) is 417 Å². The van der Waals surface area contributed by atoms with E-state index in [1.165, 1.54) is 0 Å². The van der Waals surface area contributed by atoms with Gasteiger partial charge in [0.1, 0.15) is 6.10 Å². The molecule has 0 aromatic rings. The van der Waals surface area contributed by atoms with Crippen LogP contribution in [0, 0.1) is 46.0 Å². The molecule has 13 N–H and O–H groups in total. The van der Waals surface area contributed by atoms with Crippen LogP contribution in [-0.4, -0.2) is 103 Å². The van der Waals surface area contributed by atoms with Gasteiger partial charge < -0.3 is 88.7 Å². The van der Waals surface area contributed by atoms with Crippen LogP contribution in [0.4, 0.5) is 0 Å². The molecule has 0 saturated heterocycles. The maximum Gasteiger partial charge on any atom is 3.00 e. The molecule has 0 heterocycles. The van der Waals surface area contributed by atoms with Crippen molar-refractivity contribution < 1.29 is 58.0 Å². The summed E-state index contributed by atoms with van der Waals surface area (Å²) in [6.45, 7) is -0.729. The van der Waals surface area contributed by atoms with Gasteiger partial charge in [-0.3, -0.25) is 0 Å². The molecule has 0 aliphatic heterocycles. The average molecular weight is 577 g/mol. The summed E-state index contributed by atoms with van der Waals surface area (Å²) < 4.78 is 0. The monoisotopic (exact) mass is 577 g/mol. The zero-order valence-corrected chi connectivity index (χ0v) is 14.8. The SMILES string of the molecule is O.O.O.O.O.O=[N+]([O-])[O-].O=[N+]([O-])[O-].O=[N+]([O-])[O-].OCC(O)CO.[Bi+3]. The van der Waals surface area contributed by atoms with Crippen molar-refractivity contribution in [1.82, 2.24) is 0 Å². The van der Waals surface area contributed by atoms with Crippen molar-refractivity contribution in [1.29, 1.82) is 0 Å². The molecule has 2 radical (unpaired) electrons. The van der Waals surface area contributed by atoms with E-state index in [1.807, 2.05) is 0 Å². The Bertz CT molecular complexity index is 183. The Labute approximate surface area is 150 Å². The second kappa shape index (κ2) is 58.2. The molecule has 0 atom stereocenters. The number of hydrogen-bond donors (Lipinski definition) is 3. The zero-order valence-electron chi connectivity index (χ0n) is 11.3. The van der Waals surface area contributed by atoms with Crippen LogP contribution in [-0.2, 0) is 0 Å². The van der Waals surface area contributed by atoms with Crippen LogP contribution < -0.4 is 0 Å². The summed E-state index contributed by atoms with van der Waals surface area (Å²) >= 11 is 0. The minimum atomic E-state index is -1.75. The van der Waals surface area contributed by atoms with E-state index in [1.54, 1.807) is 0 Å². The largest absolute Gasteiger partial charge is 3.00 e. The van der Waals surface area contributed by atoms with Crippen LogP contribution in [0.2, 0.25) is 0 Å². The van der Waals surface area contributed by atoms with E-state index >= 15 is 0 Å². The van der Waals surface area contributed by atoms with Gasteiger partial charge in [0.25, 0.3) is 0 Å². The van der Waals surface area contributed by atoms with Crippen LogP contribution in [0.15, 0.2) is 0 Å². The summed E-state index contributed by atoms with van der Waals surface area (Å²) in [4.78, 5) is 24.8. The molecule has 21 heteroatoms. The molecule has 0 aliphatic carbocycles. The van der Waals surface area contributed by atoms with Gasteiger partial charge in [0, 0.05) is 0 Å². The molecular weight excluding hydrogens is 559 g/mol. The van der Waals surface area contributed by atoms with Crippen LogP contribution in [0.1, 0.15) is 0 Å². The minimum absolute atomic E-state index is 0. The average Bonchev–Trinajstić information content (AvgIpc) is 2.13. The molecule has 0 amide bonds. The van der Waals surface area contributed by atoms with E-state index in [0.29, 0.717) is 0 Å². The molecule has 20 nitrogen and oxygen atoms in total. The molecule has 0 bridgehead atoms. The Hall–Kier alpha value is -1.84. The summed E-state index contributed by atoms with van der Waals surface area (Å²) in [6, 6.07) is 0. The van der Waals surface area contributed by atoms with Crippen molar-refractivity contribution in [2.75, 3.05) is 13.2 Å². The van der Waals surface area contributed by atoms with Crippen molar-refractivity contribution in [3.8, 4) is 0 Å². The Morgan fingerprint density at radius 3 is 0.708 bits per heavy atom. The van der Waals surface area contributed by atoms with Gasteiger partial charge in [-0.2, -0.15) is 0 Å². The number of aliphatic hydroxyl groups excluding tert-OH is 3. The maximum atomic E-state index is 8.25. The first-order chi connectivity index (χ1) is 8.00. The summed E-state index contributed by atoms with van der Waals surface area (Å²) in [7, 11) is 0. The fraction of sp³-hybridized carbons (Fsp3) is 1.00. The second-order valence-electron chi connectivity index (χ2n) is 1.69. The van der Waals surface area contributed by atoms with Gasteiger partial charge in [-0.15, -0.1) is 0 Å². The normalized spacial score (nSPS) is 5.50. The van der Waals surface area contributed by atoms with Crippen molar-refractivity contribution in [2.24, 2.45) is 0 Å². The first kappa shape index (κ1) is 67.1. The molecule has 0 rings (SSSR count). The standard InChI is InChI=1S/C3H8O3.Bi.3NO3.5H2O/c4-1-3(6)2-5;;3*2-1(3)4;;;;;/h3-6H,1-2H2;;;;;5*1H2/q;+3;3*-1;;;;;. The molecule has 0 fully saturated rings. The van der Waals surface area contributed by atoms with E-state index in [0.717, 1.165) is 0 Å². The van der Waals surface area contributed by atoms with Crippen molar-refractivity contribution in [2.45, 2.75) is 6.10 Å². The number of hydrogen-bond acceptors (Lipinski definition) is 12. The first-order valence-corrected chi connectivity index (χ1v) is 3.35. The van der Waals surface area contributed by atoms with Gasteiger partial charge in [-0.25, -0.2) is 0 Å². The van der Waals surface area contributed by atoms with Crippen LogP contribution in [0.5, 0.6) is 0 Å². The molecule has 0 aromatic heterocycles. The Kier molecular flexibility index (Phi) is 163. The molecule has 152 valence electrons. The third-order valence-electron chi connectivity index (χ3n) is 0.421. The van der Waals surface area contributed by atoms with Gasteiger partial charge in [-0.1, -0.05) is 0 Å². The predicted molar refractivity (Wildman–Crippen MR) is 75.1 cm³/mol. The molecule has 24 heavy (non-hydrogen) atoms. The number of aliphatic hydroxyl groups is 3. The van der Waals surface area contributed by atoms with Gasteiger partial charge in [-0.05, 0) is 0 Å². The third-order valence-corrected chi connectivity index (χ3v) is 0.421. The smallest absolute Gasteiger partial charge is 0.412 e. The number of rotatable bonds is 2. The molecule has 0 unspecified atom stereocenters. The molecule has 0 saturated carbocycles. The van der Waals surface area contributed by atoms with Crippen LogP contribution in [0.3, 0.4) is 0 Å². The Balaban J connectivity index is -0.0000000127. The molecule has 0 aromatic carbocycles. The third kappa shape index (κ3) is 1580. The van der Waals surface area contributed by atoms with Crippen LogP contribution >= 0.6 is 0 Å². The first-order valence-electron chi connectivity index (χ1n) is 3.35. The van der Waals surface area contributed by atoms with E-state index in [4.69, 9.17) is 61.3 Å². The van der Waals surface area contributed by atoms with Crippen molar-refractivity contribution in [3.63, 3.8) is 0 Å². The van der Waals surface area contributed by atoms with E-state index in [-0.39, 0.29) is 66.8 Å². The summed E-state index contributed by atoms with van der Waals surface area (Å²) in [5.41, 5.74) is 0. The number of nitrogens with zero attached hydrogens (tertiary/aromatic N) is 3. The molecular formula is C3H18BiN3O17. The van der Waals surface area contributed by atoms with Gasteiger partial charge in [0.15, 0.2) is 0 Å². The van der Waals surface area contributed by atoms with Gasteiger partial charge in [0.2, 0.25) is 0 Å². The Morgan fingerprint density at radius 1 is 0.625 bits per heavy atom.